The Balaban J connectivity index is 1.91. The Morgan fingerprint density at radius 3 is 2.80 bits per heavy atom. The summed E-state index contributed by atoms with van der Waals surface area (Å²) in [6.07, 6.45) is 4.65. The van der Waals surface area contributed by atoms with E-state index in [1.165, 1.54) is 11.6 Å². The molecule has 2 nitrogen and oxygen atoms in total. The Morgan fingerprint density at radius 2 is 2.15 bits per heavy atom. The van der Waals surface area contributed by atoms with E-state index >= 15 is 0 Å². The standard InChI is InChI=1S/C17H20FNO/c1-10(2)15-7-11(8-17(20)19-13-4-5-13)16-9-12(18)3-6-14(15)16/h3,6,8-10,13,15H,4-5,7H2,1-2H3,(H,19,20)/b11-8+. The number of nitrogens with one attached hydrogen (secondary N) is 1. The predicted molar refractivity (Wildman–Crippen MR) is 77.7 cm³/mol. The number of hydrogen-bond acceptors (Lipinski definition) is 1. The fourth-order valence-corrected chi connectivity index (χ4v) is 2.95. The third kappa shape index (κ3) is 2.62. The highest BCUT2D eigenvalue weighted by Gasteiger charge is 2.30. The molecule has 1 aromatic rings. The monoisotopic (exact) mass is 273 g/mol. The summed E-state index contributed by atoms with van der Waals surface area (Å²) < 4.78 is 13.5. The summed E-state index contributed by atoms with van der Waals surface area (Å²) in [5.41, 5.74) is 3.05. The van der Waals surface area contributed by atoms with Crippen molar-refractivity contribution in [1.29, 1.82) is 0 Å². The number of halogens is 1. The van der Waals surface area contributed by atoms with E-state index < -0.39 is 0 Å². The van der Waals surface area contributed by atoms with Crippen molar-refractivity contribution in [1.82, 2.24) is 5.32 Å². The third-order valence-corrected chi connectivity index (χ3v) is 4.23. The van der Waals surface area contributed by atoms with Crippen molar-refractivity contribution in [3.63, 3.8) is 0 Å². The molecule has 1 unspecified atom stereocenters. The Labute approximate surface area is 119 Å². The SMILES string of the molecule is CC(C)C1C/C(=C\C(=O)NC2CC2)c2cc(F)ccc21. The van der Waals surface area contributed by atoms with Gasteiger partial charge in [-0.1, -0.05) is 19.9 Å². The van der Waals surface area contributed by atoms with E-state index in [1.807, 2.05) is 6.07 Å². The van der Waals surface area contributed by atoms with Crippen molar-refractivity contribution < 1.29 is 9.18 Å². The number of amides is 1. The summed E-state index contributed by atoms with van der Waals surface area (Å²) >= 11 is 0. The molecule has 0 aliphatic heterocycles. The van der Waals surface area contributed by atoms with Gasteiger partial charge in [-0.15, -0.1) is 0 Å². The maximum Gasteiger partial charge on any atom is 0.244 e. The first-order valence-electron chi connectivity index (χ1n) is 7.35. The Bertz CT molecular complexity index is 572. The smallest absolute Gasteiger partial charge is 0.244 e. The molecule has 106 valence electrons. The van der Waals surface area contributed by atoms with Crippen molar-refractivity contribution in [2.45, 2.75) is 45.1 Å². The lowest BCUT2D eigenvalue weighted by atomic mass is 9.90. The molecule has 1 fully saturated rings. The number of hydrogen-bond donors (Lipinski definition) is 1. The van der Waals surface area contributed by atoms with Crippen molar-refractivity contribution in [2.75, 3.05) is 0 Å². The van der Waals surface area contributed by atoms with Gasteiger partial charge in [-0.25, -0.2) is 4.39 Å². The largest absolute Gasteiger partial charge is 0.350 e. The van der Waals surface area contributed by atoms with Gasteiger partial charge in [0.15, 0.2) is 0 Å². The summed E-state index contributed by atoms with van der Waals surface area (Å²) in [7, 11) is 0. The molecule has 1 atom stereocenters. The molecule has 2 aliphatic rings. The second-order valence-corrected chi connectivity index (χ2v) is 6.24. The zero-order chi connectivity index (χ0) is 14.3. The summed E-state index contributed by atoms with van der Waals surface area (Å²) in [6.45, 7) is 4.34. The fraction of sp³-hybridized carbons (Fsp3) is 0.471. The molecular formula is C17H20FNO. The average Bonchev–Trinajstić information content (AvgIpc) is 3.11. The Hall–Kier alpha value is -1.64. The normalized spacial score (nSPS) is 23.2. The number of fused-ring (bicyclic) bond motifs is 1. The molecule has 20 heavy (non-hydrogen) atoms. The van der Waals surface area contributed by atoms with Crippen LogP contribution in [0.3, 0.4) is 0 Å². The number of benzene rings is 1. The third-order valence-electron chi connectivity index (χ3n) is 4.23. The molecule has 1 N–H and O–H groups in total. The van der Waals surface area contributed by atoms with Crippen molar-refractivity contribution in [2.24, 2.45) is 5.92 Å². The Kier molecular flexibility index (Phi) is 3.36. The summed E-state index contributed by atoms with van der Waals surface area (Å²) in [5, 5.41) is 2.96. The highest BCUT2D eigenvalue weighted by Crippen LogP contribution is 2.45. The van der Waals surface area contributed by atoms with Gasteiger partial charge >= 0.3 is 0 Å². The fourth-order valence-electron chi connectivity index (χ4n) is 2.95. The minimum atomic E-state index is -0.235. The topological polar surface area (TPSA) is 29.1 Å². The van der Waals surface area contributed by atoms with Gasteiger partial charge in [0.25, 0.3) is 0 Å². The molecule has 0 bridgehead atoms. The molecule has 0 radical (unpaired) electrons. The average molecular weight is 273 g/mol. The number of carbonyl (C=O) groups is 1. The lowest BCUT2D eigenvalue weighted by Crippen LogP contribution is -2.23. The van der Waals surface area contributed by atoms with Gasteiger partial charge in [-0.3, -0.25) is 4.79 Å². The number of carbonyl (C=O) groups excluding carboxylic acids is 1. The molecule has 3 heteroatoms. The number of allylic oxidation sites excluding steroid dienone is 1. The molecule has 0 aromatic heterocycles. The predicted octanol–water partition coefficient (Wildman–Crippen LogP) is 3.63. The van der Waals surface area contributed by atoms with Crippen LogP contribution in [0.2, 0.25) is 0 Å². The zero-order valence-electron chi connectivity index (χ0n) is 11.9. The molecule has 0 heterocycles. The quantitative estimate of drug-likeness (QED) is 0.837. The van der Waals surface area contributed by atoms with Gasteiger partial charge in [-0.05, 0) is 59.9 Å². The van der Waals surface area contributed by atoms with E-state index in [0.29, 0.717) is 17.9 Å². The molecular weight excluding hydrogens is 253 g/mol. The highest BCUT2D eigenvalue weighted by molar-refractivity contribution is 5.97. The van der Waals surface area contributed by atoms with Crippen LogP contribution in [0.1, 0.15) is 50.2 Å². The zero-order valence-corrected chi connectivity index (χ0v) is 11.9. The highest BCUT2D eigenvalue weighted by atomic mass is 19.1. The van der Waals surface area contributed by atoms with Gasteiger partial charge < -0.3 is 5.32 Å². The molecule has 1 amide bonds. The maximum atomic E-state index is 13.5. The van der Waals surface area contributed by atoms with Crippen LogP contribution in [0.25, 0.3) is 5.57 Å². The number of rotatable bonds is 3. The van der Waals surface area contributed by atoms with Gasteiger partial charge in [0.2, 0.25) is 5.91 Å². The summed E-state index contributed by atoms with van der Waals surface area (Å²) in [5.74, 6) is 0.589. The molecule has 1 saturated carbocycles. The molecule has 0 spiro atoms. The molecule has 2 aliphatic carbocycles. The molecule has 3 rings (SSSR count). The van der Waals surface area contributed by atoms with Crippen LogP contribution >= 0.6 is 0 Å². The summed E-state index contributed by atoms with van der Waals surface area (Å²) in [4.78, 5) is 11.9. The van der Waals surface area contributed by atoms with Crippen LogP contribution < -0.4 is 5.32 Å². The van der Waals surface area contributed by atoms with E-state index in [-0.39, 0.29) is 11.7 Å². The second kappa shape index (κ2) is 5.04. The first kappa shape index (κ1) is 13.3. The Morgan fingerprint density at radius 1 is 1.40 bits per heavy atom. The van der Waals surface area contributed by atoms with Gasteiger partial charge in [0, 0.05) is 12.1 Å². The lowest BCUT2D eigenvalue weighted by Gasteiger charge is -2.14. The maximum absolute atomic E-state index is 13.5. The van der Waals surface area contributed by atoms with Crippen molar-refractivity contribution >= 4 is 11.5 Å². The van der Waals surface area contributed by atoms with E-state index in [2.05, 4.69) is 19.2 Å². The first-order valence-corrected chi connectivity index (χ1v) is 7.35. The lowest BCUT2D eigenvalue weighted by molar-refractivity contribution is -0.116. The minimum absolute atomic E-state index is 0.0397. The van der Waals surface area contributed by atoms with E-state index in [1.54, 1.807) is 12.1 Å². The van der Waals surface area contributed by atoms with Crippen LogP contribution in [-0.2, 0) is 4.79 Å². The van der Waals surface area contributed by atoms with E-state index in [9.17, 15) is 9.18 Å². The van der Waals surface area contributed by atoms with Crippen molar-refractivity contribution in [3.05, 3.63) is 41.2 Å². The van der Waals surface area contributed by atoms with Gasteiger partial charge in [0.05, 0.1) is 0 Å². The van der Waals surface area contributed by atoms with Crippen LogP contribution in [0.4, 0.5) is 4.39 Å². The van der Waals surface area contributed by atoms with E-state index in [0.717, 1.165) is 30.4 Å². The summed E-state index contributed by atoms with van der Waals surface area (Å²) in [6, 6.07) is 5.30. The van der Waals surface area contributed by atoms with Gasteiger partial charge in [0.1, 0.15) is 5.82 Å². The molecule has 0 saturated heterocycles. The van der Waals surface area contributed by atoms with Crippen LogP contribution in [0, 0.1) is 11.7 Å². The van der Waals surface area contributed by atoms with Crippen LogP contribution in [0.5, 0.6) is 0 Å². The van der Waals surface area contributed by atoms with E-state index in [4.69, 9.17) is 0 Å². The second-order valence-electron chi connectivity index (χ2n) is 6.24. The molecule has 1 aromatic carbocycles. The van der Waals surface area contributed by atoms with Crippen molar-refractivity contribution in [3.8, 4) is 0 Å². The minimum Gasteiger partial charge on any atom is -0.350 e. The van der Waals surface area contributed by atoms with Gasteiger partial charge in [-0.2, -0.15) is 0 Å². The first-order chi connectivity index (χ1) is 9.54. The van der Waals surface area contributed by atoms with Crippen LogP contribution in [0.15, 0.2) is 24.3 Å². The van der Waals surface area contributed by atoms with Crippen LogP contribution in [-0.4, -0.2) is 11.9 Å².